The molecule has 0 aromatic carbocycles. The Balaban J connectivity index is 2.63. The molecule has 2 N–H and O–H groups in total. The van der Waals surface area contributed by atoms with Crippen LogP contribution in [-0.2, 0) is 0 Å². The van der Waals surface area contributed by atoms with Crippen molar-refractivity contribution in [2.75, 3.05) is 13.1 Å². The monoisotopic (exact) mass is 229 g/mol. The lowest BCUT2D eigenvalue weighted by atomic mass is 9.68. The van der Waals surface area contributed by atoms with E-state index in [1.165, 1.54) is 24.3 Å². The van der Waals surface area contributed by atoms with Crippen LogP contribution in [0, 0.1) is 11.3 Å². The van der Waals surface area contributed by atoms with E-state index < -0.39 is 0 Å². The Morgan fingerprint density at radius 2 is 2.00 bits per heavy atom. The molecule has 16 heavy (non-hydrogen) atoms. The molecule has 0 spiro atoms. The molecule has 96 valence electrons. The smallest absolute Gasteiger partial charge is 0.0693 e. The van der Waals surface area contributed by atoms with Crippen molar-refractivity contribution < 1.29 is 10.3 Å². The highest BCUT2D eigenvalue weighted by Crippen LogP contribution is 2.40. The maximum atomic E-state index is 9.73. The van der Waals surface area contributed by atoms with Crippen molar-refractivity contribution in [2.45, 2.75) is 59.0 Å². The molecular formula is C13H27NO2. The molecule has 0 aromatic rings. The van der Waals surface area contributed by atoms with Gasteiger partial charge in [-0.05, 0) is 24.2 Å². The van der Waals surface area contributed by atoms with Crippen molar-refractivity contribution in [3.63, 3.8) is 0 Å². The predicted octanol–water partition coefficient (Wildman–Crippen LogP) is 2.66. The minimum atomic E-state index is -0.365. The quantitative estimate of drug-likeness (QED) is 0.761. The van der Waals surface area contributed by atoms with Gasteiger partial charge in [0, 0.05) is 13.1 Å². The van der Waals surface area contributed by atoms with Gasteiger partial charge in [-0.3, -0.25) is 0 Å². The number of hydroxylamine groups is 2. The molecule has 3 nitrogen and oxygen atoms in total. The molecule has 0 radical (unpaired) electrons. The summed E-state index contributed by atoms with van der Waals surface area (Å²) < 4.78 is 0. The highest BCUT2D eigenvalue weighted by Gasteiger charge is 2.37. The summed E-state index contributed by atoms with van der Waals surface area (Å²) >= 11 is 0. The molecule has 1 fully saturated rings. The number of unbranched alkanes of at least 4 members (excludes halogenated alkanes) is 1. The maximum Gasteiger partial charge on any atom is 0.0693 e. The van der Waals surface area contributed by atoms with Gasteiger partial charge in [0.1, 0.15) is 0 Å². The third-order valence-electron chi connectivity index (χ3n) is 4.30. The van der Waals surface area contributed by atoms with E-state index in [4.69, 9.17) is 0 Å². The summed E-state index contributed by atoms with van der Waals surface area (Å²) in [5.74, 6) is 0.415. The fraction of sp³-hybridized carbons (Fsp3) is 1.00. The van der Waals surface area contributed by atoms with Crippen LogP contribution in [-0.4, -0.2) is 34.6 Å². The van der Waals surface area contributed by atoms with Gasteiger partial charge >= 0.3 is 0 Å². The van der Waals surface area contributed by atoms with Gasteiger partial charge in [-0.1, -0.05) is 40.0 Å². The summed E-state index contributed by atoms with van der Waals surface area (Å²) in [4.78, 5) is 0. The van der Waals surface area contributed by atoms with Gasteiger partial charge in [-0.25, -0.2) is 0 Å². The third-order valence-corrected chi connectivity index (χ3v) is 4.30. The zero-order chi connectivity index (χ0) is 12.2. The Morgan fingerprint density at radius 3 is 2.50 bits per heavy atom. The second kappa shape index (κ2) is 5.99. The van der Waals surface area contributed by atoms with E-state index in [1.807, 2.05) is 0 Å². The maximum absolute atomic E-state index is 9.73. The summed E-state index contributed by atoms with van der Waals surface area (Å²) in [5, 5.41) is 20.6. The summed E-state index contributed by atoms with van der Waals surface area (Å²) in [6.45, 7) is 7.86. The van der Waals surface area contributed by atoms with Crippen LogP contribution in [0.3, 0.4) is 0 Å². The molecule has 0 aliphatic carbocycles. The van der Waals surface area contributed by atoms with Gasteiger partial charge in [-0.15, -0.1) is 0 Å². The van der Waals surface area contributed by atoms with E-state index in [1.54, 1.807) is 0 Å². The largest absolute Gasteiger partial charge is 0.392 e. The molecule has 1 heterocycles. The zero-order valence-corrected chi connectivity index (χ0v) is 10.9. The number of hydrogen-bond donors (Lipinski definition) is 2. The van der Waals surface area contributed by atoms with Crippen LogP contribution < -0.4 is 0 Å². The van der Waals surface area contributed by atoms with Crippen LogP contribution >= 0.6 is 0 Å². The molecule has 0 amide bonds. The lowest BCUT2D eigenvalue weighted by Gasteiger charge is -2.43. The minimum Gasteiger partial charge on any atom is -0.392 e. The van der Waals surface area contributed by atoms with Crippen LogP contribution in [0.15, 0.2) is 0 Å². The van der Waals surface area contributed by atoms with Crippen molar-refractivity contribution in [2.24, 2.45) is 11.3 Å². The Hall–Kier alpha value is -0.120. The Kier molecular flexibility index (Phi) is 5.22. The van der Waals surface area contributed by atoms with E-state index in [0.717, 1.165) is 12.8 Å². The van der Waals surface area contributed by atoms with Crippen LogP contribution in [0.1, 0.15) is 52.9 Å². The van der Waals surface area contributed by atoms with E-state index in [-0.39, 0.29) is 11.5 Å². The fourth-order valence-corrected chi connectivity index (χ4v) is 2.80. The summed E-state index contributed by atoms with van der Waals surface area (Å²) in [6.07, 6.45) is 5.25. The third kappa shape index (κ3) is 3.44. The first-order chi connectivity index (χ1) is 7.51. The number of piperidine rings is 1. The van der Waals surface area contributed by atoms with Gasteiger partial charge < -0.3 is 10.3 Å². The van der Waals surface area contributed by atoms with E-state index in [2.05, 4.69) is 20.8 Å². The summed E-state index contributed by atoms with van der Waals surface area (Å²) in [7, 11) is 0. The second-order valence-corrected chi connectivity index (χ2v) is 5.57. The van der Waals surface area contributed by atoms with Gasteiger partial charge in [0.05, 0.1) is 6.10 Å². The van der Waals surface area contributed by atoms with Crippen LogP contribution in [0.4, 0.5) is 0 Å². The Labute approximate surface area is 99.4 Å². The molecule has 3 atom stereocenters. The van der Waals surface area contributed by atoms with Crippen LogP contribution in [0.5, 0.6) is 0 Å². The van der Waals surface area contributed by atoms with Gasteiger partial charge in [0.25, 0.3) is 0 Å². The first kappa shape index (κ1) is 13.9. The zero-order valence-electron chi connectivity index (χ0n) is 10.9. The van der Waals surface area contributed by atoms with Gasteiger partial charge in [0.15, 0.2) is 0 Å². The fourth-order valence-electron chi connectivity index (χ4n) is 2.80. The molecule has 1 aliphatic rings. The molecule has 1 saturated heterocycles. The molecule has 1 rings (SSSR count). The predicted molar refractivity (Wildman–Crippen MR) is 65.4 cm³/mol. The number of β-amino-alcohol motifs (C(OH)–C–C–N with tert-alkyl or cyclic N) is 1. The van der Waals surface area contributed by atoms with Crippen molar-refractivity contribution >= 4 is 0 Å². The summed E-state index contributed by atoms with van der Waals surface area (Å²) in [6, 6.07) is 0. The van der Waals surface area contributed by atoms with E-state index in [9.17, 15) is 10.3 Å². The highest BCUT2D eigenvalue weighted by molar-refractivity contribution is 4.87. The van der Waals surface area contributed by atoms with Gasteiger partial charge in [0.2, 0.25) is 0 Å². The van der Waals surface area contributed by atoms with Crippen molar-refractivity contribution in [3.05, 3.63) is 0 Å². The number of aliphatic hydroxyl groups is 1. The first-order valence-corrected chi connectivity index (χ1v) is 6.63. The second-order valence-electron chi connectivity index (χ2n) is 5.57. The average Bonchev–Trinajstić information content (AvgIpc) is 2.24. The molecule has 1 aliphatic heterocycles. The van der Waals surface area contributed by atoms with E-state index >= 15 is 0 Å². The lowest BCUT2D eigenvalue weighted by molar-refractivity contribution is -0.163. The number of rotatable bonds is 5. The van der Waals surface area contributed by atoms with Crippen molar-refractivity contribution in [3.8, 4) is 0 Å². The van der Waals surface area contributed by atoms with Crippen LogP contribution in [0.25, 0.3) is 0 Å². The standard InChI is InChI=1S/C13H27NO2/c1-4-6-7-13(3,5-2)11-8-12(15)10-14(16)9-11/h11-12,15-16H,4-10H2,1-3H3/t11-,12+,13-/m0/s1. The number of hydrogen-bond acceptors (Lipinski definition) is 3. The minimum absolute atomic E-state index is 0.262. The Morgan fingerprint density at radius 1 is 1.31 bits per heavy atom. The SMILES string of the molecule is CCCC[C@](C)(CC)[C@H]1C[C@@H](O)CN(O)C1. The molecule has 0 aromatic heterocycles. The summed E-state index contributed by atoms with van der Waals surface area (Å²) in [5.41, 5.74) is 0.262. The topological polar surface area (TPSA) is 43.7 Å². The molecule has 0 unspecified atom stereocenters. The van der Waals surface area contributed by atoms with Crippen molar-refractivity contribution in [1.29, 1.82) is 0 Å². The van der Waals surface area contributed by atoms with Gasteiger partial charge in [-0.2, -0.15) is 5.06 Å². The van der Waals surface area contributed by atoms with Crippen LogP contribution in [0.2, 0.25) is 0 Å². The average molecular weight is 229 g/mol. The lowest BCUT2D eigenvalue weighted by Crippen LogP contribution is -2.46. The molecule has 3 heteroatoms. The normalized spacial score (nSPS) is 31.3. The van der Waals surface area contributed by atoms with E-state index in [0.29, 0.717) is 19.0 Å². The molecule has 0 bridgehead atoms. The Bertz CT molecular complexity index is 200. The number of aliphatic hydroxyl groups excluding tert-OH is 1. The highest BCUT2D eigenvalue weighted by atomic mass is 16.5. The first-order valence-electron chi connectivity index (χ1n) is 6.63. The van der Waals surface area contributed by atoms with Crippen molar-refractivity contribution in [1.82, 2.24) is 5.06 Å². The number of nitrogens with zero attached hydrogens (tertiary/aromatic N) is 1. The molecule has 0 saturated carbocycles. The molecular weight excluding hydrogens is 202 g/mol.